The Labute approximate surface area is 160 Å². The number of aryl methyl sites for hydroxylation is 1. The maximum absolute atomic E-state index is 2.46. The van der Waals surface area contributed by atoms with Crippen molar-refractivity contribution < 1.29 is 0 Å². The Bertz CT molecular complexity index is 716. The highest BCUT2D eigenvalue weighted by atomic mass is 14.2. The third-order valence-corrected chi connectivity index (χ3v) is 7.04. The summed E-state index contributed by atoms with van der Waals surface area (Å²) in [4.78, 5) is 0. The van der Waals surface area contributed by atoms with E-state index in [1.165, 1.54) is 74.5 Å². The molecule has 0 N–H and O–H groups in total. The first-order valence-corrected chi connectivity index (χ1v) is 10.9. The van der Waals surface area contributed by atoms with Crippen LogP contribution in [-0.2, 0) is 0 Å². The largest absolute Gasteiger partial charge is 0.105 e. The average Bonchev–Trinajstić information content (AvgIpc) is 2.69. The van der Waals surface area contributed by atoms with Crippen molar-refractivity contribution in [3.63, 3.8) is 0 Å². The molecule has 0 atom stereocenters. The Morgan fingerprint density at radius 3 is 1.96 bits per heavy atom. The highest BCUT2D eigenvalue weighted by Gasteiger charge is 2.20. The molecule has 0 spiro atoms. The molecule has 2 fully saturated rings. The lowest BCUT2D eigenvalue weighted by atomic mass is 9.70. The van der Waals surface area contributed by atoms with Crippen molar-refractivity contribution in [2.45, 2.75) is 82.4 Å². The van der Waals surface area contributed by atoms with Crippen molar-refractivity contribution in [1.29, 1.82) is 0 Å². The van der Waals surface area contributed by atoms with Crippen LogP contribution in [0.4, 0.5) is 0 Å². The molecule has 0 unspecified atom stereocenters. The summed E-state index contributed by atoms with van der Waals surface area (Å²) in [5.74, 6) is 2.51. The Kier molecular flexibility index (Phi) is 5.53. The average molecular weight is 344 g/mol. The molecule has 2 saturated carbocycles. The Hall–Kier alpha value is -1.50. The predicted octanol–water partition coefficient (Wildman–Crippen LogP) is 6.79. The molecule has 0 nitrogen and oxygen atoms in total. The van der Waals surface area contributed by atoms with Crippen molar-refractivity contribution in [2.75, 3.05) is 0 Å². The van der Waals surface area contributed by atoms with Crippen LogP contribution >= 0.6 is 0 Å². The summed E-state index contributed by atoms with van der Waals surface area (Å²) >= 11 is 0. The van der Waals surface area contributed by atoms with E-state index in [1.54, 1.807) is 11.1 Å². The fourth-order valence-electron chi connectivity index (χ4n) is 5.23. The smallest absolute Gasteiger partial charge is 0.0697 e. The van der Waals surface area contributed by atoms with Gasteiger partial charge in [-0.1, -0.05) is 80.4 Å². The van der Waals surface area contributed by atoms with Crippen LogP contribution < -0.4 is 0 Å². The highest BCUT2D eigenvalue weighted by Crippen LogP contribution is 2.38. The quantitative estimate of drug-likeness (QED) is 0.538. The topological polar surface area (TPSA) is 0 Å². The zero-order valence-corrected chi connectivity index (χ0v) is 16.6. The van der Waals surface area contributed by atoms with E-state index in [9.17, 15) is 0 Å². The van der Waals surface area contributed by atoms with Crippen molar-refractivity contribution in [3.05, 3.63) is 59.2 Å². The molecule has 0 radical (unpaired) electrons. The molecule has 0 bridgehead atoms. The molecule has 2 aromatic carbocycles. The van der Waals surface area contributed by atoms with Crippen molar-refractivity contribution in [2.24, 2.45) is 0 Å². The molecule has 0 saturated heterocycles. The van der Waals surface area contributed by atoms with Crippen LogP contribution in [0.15, 0.2) is 42.5 Å². The van der Waals surface area contributed by atoms with Gasteiger partial charge in [0.05, 0.1) is 0 Å². The number of hydrogen-bond donors (Lipinski definition) is 0. The van der Waals surface area contributed by atoms with E-state index in [-0.39, 0.29) is 0 Å². The number of hydrogen-bond acceptors (Lipinski definition) is 0. The van der Waals surface area contributed by atoms with Crippen LogP contribution in [0.3, 0.4) is 0 Å². The van der Waals surface area contributed by atoms with Crippen LogP contribution in [0.5, 0.6) is 0 Å². The van der Waals surface area contributed by atoms with Gasteiger partial charge in [0.2, 0.25) is 0 Å². The molecule has 2 aliphatic rings. The molecule has 26 heavy (non-hydrogen) atoms. The van der Waals surface area contributed by atoms with Gasteiger partial charge >= 0.3 is 0 Å². The van der Waals surface area contributed by atoms with Gasteiger partial charge in [-0.15, -0.1) is 0 Å². The van der Waals surface area contributed by atoms with E-state index in [0.29, 0.717) is 0 Å². The lowest BCUT2D eigenvalue weighted by Crippen LogP contribution is -2.09. The van der Waals surface area contributed by atoms with E-state index in [2.05, 4.69) is 57.2 Å². The monoisotopic (exact) mass is 344 g/mol. The van der Waals surface area contributed by atoms with Gasteiger partial charge in [-0.2, -0.15) is 0 Å². The van der Waals surface area contributed by atoms with E-state index in [0.717, 1.165) is 17.7 Å². The number of benzene rings is 2. The van der Waals surface area contributed by atoms with Crippen molar-refractivity contribution in [1.82, 2.24) is 0 Å². The molecular weight excluding hydrogens is 311 g/mol. The molecule has 136 valence electrons. The summed E-state index contributed by atoms with van der Waals surface area (Å²) in [6.45, 7) is 2.29. The van der Waals surface area contributed by atoms with Crippen molar-refractivity contribution in [3.8, 4) is 11.1 Å². The second-order valence-electron chi connectivity index (χ2n) is 8.99. The Balaban J connectivity index is 1.50. The van der Waals surface area contributed by atoms with Gasteiger partial charge in [0.1, 0.15) is 7.85 Å². The maximum atomic E-state index is 2.46. The first-order chi connectivity index (χ1) is 12.7. The molecule has 0 heterocycles. The van der Waals surface area contributed by atoms with E-state index in [4.69, 9.17) is 0 Å². The fourth-order valence-corrected chi connectivity index (χ4v) is 5.23. The van der Waals surface area contributed by atoms with Crippen LogP contribution in [0.25, 0.3) is 11.1 Å². The van der Waals surface area contributed by atoms with Crippen LogP contribution in [0.2, 0.25) is 5.82 Å². The van der Waals surface area contributed by atoms with Gasteiger partial charge in [-0.05, 0) is 72.3 Å². The molecule has 2 aliphatic carbocycles. The van der Waals surface area contributed by atoms with Crippen LogP contribution in [-0.4, -0.2) is 7.85 Å². The SMILES string of the molecule is BC1CCC(c2ccc(-c3ccc(C4CCCCC4)cc3C)cc2)CC1. The minimum atomic E-state index is 0.787. The minimum absolute atomic E-state index is 0.787. The fraction of sp³-hybridized carbons (Fsp3) is 0.520. The molecule has 0 amide bonds. The van der Waals surface area contributed by atoms with E-state index in [1.807, 2.05) is 0 Å². The maximum Gasteiger partial charge on any atom is 0.105 e. The predicted molar refractivity (Wildman–Crippen MR) is 116 cm³/mol. The summed E-state index contributed by atoms with van der Waals surface area (Å²) in [6, 6.07) is 16.7. The summed E-state index contributed by atoms with van der Waals surface area (Å²) in [5, 5.41) is 0. The molecule has 1 heteroatoms. The summed E-state index contributed by atoms with van der Waals surface area (Å²) in [5.41, 5.74) is 7.35. The number of rotatable bonds is 3. The first-order valence-electron chi connectivity index (χ1n) is 10.9. The first kappa shape index (κ1) is 17.9. The van der Waals surface area contributed by atoms with Crippen LogP contribution in [0, 0.1) is 6.92 Å². The van der Waals surface area contributed by atoms with Gasteiger partial charge in [-0.3, -0.25) is 0 Å². The Morgan fingerprint density at radius 1 is 0.692 bits per heavy atom. The van der Waals surface area contributed by atoms with Gasteiger partial charge in [0, 0.05) is 0 Å². The summed E-state index contributed by atoms with van der Waals surface area (Å²) < 4.78 is 0. The molecule has 4 rings (SSSR count). The minimum Gasteiger partial charge on any atom is -0.0697 e. The lowest BCUT2D eigenvalue weighted by Gasteiger charge is -2.26. The second kappa shape index (κ2) is 8.03. The zero-order chi connectivity index (χ0) is 17.9. The molecular formula is C25H33B. The van der Waals surface area contributed by atoms with Gasteiger partial charge in [0.15, 0.2) is 0 Å². The summed E-state index contributed by atoms with van der Waals surface area (Å²) in [6.07, 6.45) is 12.5. The van der Waals surface area contributed by atoms with Gasteiger partial charge < -0.3 is 0 Å². The van der Waals surface area contributed by atoms with Gasteiger partial charge in [-0.25, -0.2) is 0 Å². The molecule has 2 aromatic rings. The van der Waals surface area contributed by atoms with E-state index >= 15 is 0 Å². The van der Waals surface area contributed by atoms with Gasteiger partial charge in [0.25, 0.3) is 0 Å². The van der Waals surface area contributed by atoms with E-state index < -0.39 is 0 Å². The third kappa shape index (κ3) is 3.92. The highest BCUT2D eigenvalue weighted by molar-refractivity contribution is 6.11. The van der Waals surface area contributed by atoms with Crippen molar-refractivity contribution >= 4 is 7.85 Å². The molecule has 0 aliphatic heterocycles. The second-order valence-corrected chi connectivity index (χ2v) is 8.99. The summed E-state index contributed by atoms with van der Waals surface area (Å²) in [7, 11) is 2.40. The zero-order valence-electron chi connectivity index (χ0n) is 16.6. The Morgan fingerprint density at radius 2 is 1.31 bits per heavy atom. The van der Waals surface area contributed by atoms with Crippen LogP contribution in [0.1, 0.15) is 86.3 Å². The normalized spacial score (nSPS) is 24.5. The third-order valence-electron chi connectivity index (χ3n) is 7.04. The standard InChI is InChI=1S/C25H33B/c1-18-17-23(19-5-3-2-4-6-19)13-16-25(18)22-9-7-20(8-10-22)21-11-14-24(26)15-12-21/h7-10,13,16-17,19,21,24H,2-6,11-12,14-15,26H2,1H3. The molecule has 0 aromatic heterocycles. The lowest BCUT2D eigenvalue weighted by molar-refractivity contribution is 0.443.